The number of hydrogen-bond acceptors (Lipinski definition) is 3. The van der Waals surface area contributed by atoms with Crippen molar-refractivity contribution >= 4 is 0 Å². The van der Waals surface area contributed by atoms with Crippen LogP contribution in [-0.2, 0) is 12.8 Å². The predicted octanol–water partition coefficient (Wildman–Crippen LogP) is 2.84. The van der Waals surface area contributed by atoms with Crippen molar-refractivity contribution in [3.63, 3.8) is 0 Å². The molecule has 114 valence electrons. The average molecular weight is 297 g/mol. The number of benzene rings is 1. The van der Waals surface area contributed by atoms with E-state index < -0.39 is 5.76 Å². The van der Waals surface area contributed by atoms with Crippen molar-refractivity contribution < 1.29 is 4.42 Å². The van der Waals surface area contributed by atoms with Gasteiger partial charge in [0.15, 0.2) is 0 Å². The number of hydrogen-bond donors (Lipinski definition) is 0. The minimum Gasteiger partial charge on any atom is -0.414 e. The molecule has 0 N–H and O–H groups in total. The van der Waals surface area contributed by atoms with Gasteiger partial charge in [0, 0.05) is 6.42 Å². The Morgan fingerprint density at radius 2 is 1.68 bits per heavy atom. The highest BCUT2D eigenvalue weighted by atomic mass is 16.4. The zero-order valence-corrected chi connectivity index (χ0v) is 12.5. The predicted molar refractivity (Wildman–Crippen MR) is 83.5 cm³/mol. The van der Waals surface area contributed by atoms with E-state index >= 15 is 0 Å². The smallest absolute Gasteiger partial charge is 0.414 e. The summed E-state index contributed by atoms with van der Waals surface area (Å²) in [4.78, 5) is 25.1. The van der Waals surface area contributed by atoms with Crippen molar-refractivity contribution in [3.8, 4) is 5.69 Å². The van der Waals surface area contributed by atoms with E-state index in [0.29, 0.717) is 17.0 Å². The molecule has 1 spiro atoms. The van der Waals surface area contributed by atoms with Gasteiger partial charge >= 0.3 is 5.76 Å². The van der Waals surface area contributed by atoms with E-state index in [1.54, 1.807) is 12.1 Å². The van der Waals surface area contributed by atoms with Crippen LogP contribution in [-0.4, -0.2) is 4.57 Å². The molecule has 0 radical (unpaired) electrons. The van der Waals surface area contributed by atoms with Gasteiger partial charge in [-0.05, 0) is 36.8 Å². The van der Waals surface area contributed by atoms with E-state index in [0.717, 1.165) is 25.7 Å². The van der Waals surface area contributed by atoms with Gasteiger partial charge in [-0.15, -0.1) is 0 Å². The van der Waals surface area contributed by atoms with Gasteiger partial charge in [0.2, 0.25) is 0 Å². The molecule has 1 heterocycles. The molecule has 1 fully saturated rings. The van der Waals surface area contributed by atoms with Crippen molar-refractivity contribution in [2.24, 2.45) is 5.41 Å². The number of nitrogens with zero attached hydrogens (tertiary/aromatic N) is 1. The topological polar surface area (TPSA) is 52.2 Å². The maximum atomic E-state index is 12.8. The van der Waals surface area contributed by atoms with Crippen LogP contribution in [0, 0.1) is 5.41 Å². The van der Waals surface area contributed by atoms with E-state index in [2.05, 4.69) is 0 Å². The minimum atomic E-state index is -0.567. The highest BCUT2D eigenvalue weighted by Crippen LogP contribution is 2.46. The normalized spacial score (nSPS) is 19.3. The first-order valence-corrected chi connectivity index (χ1v) is 8.02. The fourth-order valence-electron chi connectivity index (χ4n) is 4.10. The monoisotopic (exact) mass is 297 g/mol. The second-order valence-electron chi connectivity index (χ2n) is 6.66. The third-order valence-electron chi connectivity index (χ3n) is 5.21. The average Bonchev–Trinajstić information content (AvgIpc) is 2.87. The Bertz CT molecular complexity index is 810. The zero-order valence-electron chi connectivity index (χ0n) is 12.5. The molecule has 0 saturated heterocycles. The number of fused-ring (bicyclic) bond motifs is 1. The summed E-state index contributed by atoms with van der Waals surface area (Å²) >= 11 is 0. The van der Waals surface area contributed by atoms with E-state index in [1.165, 1.54) is 23.8 Å². The zero-order chi connectivity index (χ0) is 15.2. The lowest BCUT2D eigenvalue weighted by atomic mass is 9.72. The Hall–Kier alpha value is -2.10. The number of para-hydroxylation sites is 1. The van der Waals surface area contributed by atoms with Crippen LogP contribution in [0.15, 0.2) is 44.3 Å². The maximum Gasteiger partial charge on any atom is 0.426 e. The molecule has 2 aliphatic rings. The van der Waals surface area contributed by atoms with Gasteiger partial charge < -0.3 is 4.42 Å². The molecule has 0 bridgehead atoms. The van der Waals surface area contributed by atoms with E-state index in [9.17, 15) is 9.59 Å². The minimum absolute atomic E-state index is 0.158. The summed E-state index contributed by atoms with van der Waals surface area (Å²) in [6, 6.07) is 9.01. The molecule has 2 aromatic rings. The Morgan fingerprint density at radius 1 is 0.955 bits per heavy atom. The molecular formula is C18H19NO3. The van der Waals surface area contributed by atoms with Crippen LogP contribution < -0.4 is 11.3 Å². The summed E-state index contributed by atoms with van der Waals surface area (Å²) in [5.74, 6) is 0.0619. The second-order valence-corrected chi connectivity index (χ2v) is 6.66. The molecule has 22 heavy (non-hydrogen) atoms. The van der Waals surface area contributed by atoms with Gasteiger partial charge in [0.05, 0.1) is 11.3 Å². The van der Waals surface area contributed by atoms with E-state index in [4.69, 9.17) is 4.42 Å². The van der Waals surface area contributed by atoms with Crippen LogP contribution in [0.4, 0.5) is 0 Å². The third kappa shape index (κ3) is 2.05. The summed E-state index contributed by atoms with van der Waals surface area (Å²) in [5.41, 5.74) is 1.25. The molecule has 1 aromatic carbocycles. The maximum absolute atomic E-state index is 12.8. The molecule has 2 aliphatic carbocycles. The number of aromatic nitrogens is 1. The van der Waals surface area contributed by atoms with Crippen LogP contribution in [0.2, 0.25) is 0 Å². The fourth-order valence-corrected chi connectivity index (χ4v) is 4.10. The first-order valence-electron chi connectivity index (χ1n) is 8.02. The molecule has 4 nitrogen and oxygen atoms in total. The van der Waals surface area contributed by atoms with E-state index in [-0.39, 0.29) is 11.0 Å². The molecule has 1 saturated carbocycles. The lowest BCUT2D eigenvalue weighted by molar-refractivity contribution is 0.195. The highest BCUT2D eigenvalue weighted by Gasteiger charge is 2.41. The van der Waals surface area contributed by atoms with Crippen LogP contribution in [0.5, 0.6) is 0 Å². The van der Waals surface area contributed by atoms with Crippen molar-refractivity contribution in [3.05, 3.63) is 62.6 Å². The lowest BCUT2D eigenvalue weighted by Gasteiger charge is -2.32. The van der Waals surface area contributed by atoms with Gasteiger partial charge in [0.1, 0.15) is 5.76 Å². The van der Waals surface area contributed by atoms with Gasteiger partial charge in [-0.1, -0.05) is 37.5 Å². The van der Waals surface area contributed by atoms with E-state index in [1.807, 2.05) is 18.2 Å². The van der Waals surface area contributed by atoms with Crippen molar-refractivity contribution in [1.29, 1.82) is 0 Å². The summed E-state index contributed by atoms with van der Waals surface area (Å²) in [5, 5.41) is 0. The van der Waals surface area contributed by atoms with Crippen molar-refractivity contribution in [2.45, 2.75) is 44.9 Å². The van der Waals surface area contributed by atoms with Crippen LogP contribution in [0.25, 0.3) is 5.69 Å². The molecule has 0 atom stereocenters. The summed E-state index contributed by atoms with van der Waals surface area (Å²) < 4.78 is 6.69. The summed E-state index contributed by atoms with van der Waals surface area (Å²) in [6.07, 6.45) is 7.49. The van der Waals surface area contributed by atoms with Crippen molar-refractivity contribution in [2.75, 3.05) is 0 Å². The first kappa shape index (κ1) is 13.6. The second kappa shape index (κ2) is 4.97. The Morgan fingerprint density at radius 3 is 2.41 bits per heavy atom. The Balaban J connectivity index is 1.83. The Labute approximate surface area is 128 Å². The van der Waals surface area contributed by atoms with Gasteiger partial charge in [0.25, 0.3) is 5.56 Å². The molecule has 0 unspecified atom stereocenters. The molecule has 4 rings (SSSR count). The molecule has 1 aromatic heterocycles. The lowest BCUT2D eigenvalue weighted by Crippen LogP contribution is -2.33. The first-order chi connectivity index (χ1) is 10.7. The quantitative estimate of drug-likeness (QED) is 0.813. The SMILES string of the molecule is O=c1oc2c(c(=O)n1-c1ccccc1)CC1(CCCCC1)C2. The fraction of sp³-hybridized carbons (Fsp3) is 0.444. The largest absolute Gasteiger partial charge is 0.426 e. The molecular weight excluding hydrogens is 278 g/mol. The van der Waals surface area contributed by atoms with Crippen LogP contribution in [0.1, 0.15) is 43.4 Å². The summed E-state index contributed by atoms with van der Waals surface area (Å²) in [7, 11) is 0. The number of rotatable bonds is 1. The van der Waals surface area contributed by atoms with Gasteiger partial charge in [-0.3, -0.25) is 4.79 Å². The van der Waals surface area contributed by atoms with Crippen molar-refractivity contribution in [1.82, 2.24) is 4.57 Å². The van der Waals surface area contributed by atoms with Crippen LogP contribution in [0.3, 0.4) is 0 Å². The standard InChI is InChI=1S/C18H19NO3/c20-16-14-11-18(9-5-2-6-10-18)12-15(14)22-17(21)19(16)13-7-3-1-4-8-13/h1,3-4,7-8H,2,5-6,9-12H2. The van der Waals surface area contributed by atoms with Crippen LogP contribution >= 0.6 is 0 Å². The molecule has 0 amide bonds. The van der Waals surface area contributed by atoms with Gasteiger partial charge in [-0.2, -0.15) is 0 Å². The molecule has 4 heteroatoms. The Kier molecular flexibility index (Phi) is 3.06. The van der Waals surface area contributed by atoms with Gasteiger partial charge in [-0.25, -0.2) is 9.36 Å². The molecule has 0 aliphatic heterocycles. The summed E-state index contributed by atoms with van der Waals surface area (Å²) in [6.45, 7) is 0. The third-order valence-corrected chi connectivity index (χ3v) is 5.21. The highest BCUT2D eigenvalue weighted by molar-refractivity contribution is 5.34.